The fourth-order valence-electron chi connectivity index (χ4n) is 2.30. The number of hydrogen-bond donors (Lipinski definition) is 1. The van der Waals surface area contributed by atoms with Gasteiger partial charge in [0.05, 0.1) is 21.3 Å². The van der Waals surface area contributed by atoms with E-state index in [1.54, 1.807) is 30.3 Å². The molecule has 0 heterocycles. The van der Waals surface area contributed by atoms with Gasteiger partial charge in [0.2, 0.25) is 5.75 Å². The Bertz CT molecular complexity index is 833. The molecule has 0 unspecified atom stereocenters. The summed E-state index contributed by atoms with van der Waals surface area (Å²) in [6.45, 7) is -0.630. The summed E-state index contributed by atoms with van der Waals surface area (Å²) in [4.78, 5) is 36.0. The van der Waals surface area contributed by atoms with Crippen LogP contribution >= 0.6 is 0 Å². The maximum absolute atomic E-state index is 12.3. The first-order valence-corrected chi connectivity index (χ1v) is 7.87. The molecule has 1 N–H and O–H groups in total. The molecule has 27 heavy (non-hydrogen) atoms. The molecule has 0 aromatic heterocycles. The minimum absolute atomic E-state index is 0.0531. The molecule has 2 aromatic rings. The normalized spacial score (nSPS) is 9.89. The van der Waals surface area contributed by atoms with Crippen LogP contribution in [0.25, 0.3) is 0 Å². The Kier molecular flexibility index (Phi) is 6.76. The minimum atomic E-state index is -0.810. The van der Waals surface area contributed by atoms with Crippen molar-refractivity contribution in [3.8, 4) is 17.2 Å². The summed E-state index contributed by atoms with van der Waals surface area (Å²) in [5.74, 6) is -1.44. The third kappa shape index (κ3) is 4.75. The summed E-state index contributed by atoms with van der Waals surface area (Å²) in [5.41, 5.74) is 0.371. The highest BCUT2D eigenvalue weighted by molar-refractivity contribution is 6.05. The van der Waals surface area contributed by atoms with E-state index in [0.29, 0.717) is 11.3 Å². The first-order chi connectivity index (χ1) is 13.0. The van der Waals surface area contributed by atoms with Gasteiger partial charge in [-0.3, -0.25) is 14.9 Å². The molecule has 2 amide bonds. The van der Waals surface area contributed by atoms with Gasteiger partial charge in [-0.25, -0.2) is 4.79 Å². The molecule has 2 aromatic carbocycles. The summed E-state index contributed by atoms with van der Waals surface area (Å²) < 4.78 is 20.5. The average Bonchev–Trinajstić information content (AvgIpc) is 2.71. The molecule has 0 aliphatic carbocycles. The predicted octanol–water partition coefficient (Wildman–Crippen LogP) is 1.83. The molecule has 8 nitrogen and oxygen atoms in total. The lowest BCUT2D eigenvalue weighted by molar-refractivity contribution is -0.123. The van der Waals surface area contributed by atoms with E-state index in [1.807, 2.05) is 0 Å². The lowest BCUT2D eigenvalue weighted by Gasteiger charge is -2.15. The summed E-state index contributed by atoms with van der Waals surface area (Å²) >= 11 is 0. The average molecular weight is 373 g/mol. The highest BCUT2D eigenvalue weighted by Crippen LogP contribution is 2.39. The van der Waals surface area contributed by atoms with Crippen LogP contribution in [0.4, 0.5) is 0 Å². The smallest absolute Gasteiger partial charge is 0.342 e. The molecule has 2 rings (SSSR count). The number of imide groups is 1. The van der Waals surface area contributed by atoms with E-state index < -0.39 is 24.4 Å². The lowest BCUT2D eigenvalue weighted by atomic mass is 10.1. The molecule has 142 valence electrons. The summed E-state index contributed by atoms with van der Waals surface area (Å²) in [5, 5.41) is 2.14. The number of carbonyl (C=O) groups is 3. The van der Waals surface area contributed by atoms with Gasteiger partial charge >= 0.3 is 5.97 Å². The molecule has 0 fully saturated rings. The van der Waals surface area contributed by atoms with Gasteiger partial charge in [0.15, 0.2) is 18.1 Å². The Balaban J connectivity index is 2.03. The van der Waals surface area contributed by atoms with Gasteiger partial charge < -0.3 is 18.9 Å². The van der Waals surface area contributed by atoms with Crippen molar-refractivity contribution in [2.45, 2.75) is 0 Å². The Morgan fingerprint density at radius 3 is 2.11 bits per heavy atom. The van der Waals surface area contributed by atoms with Gasteiger partial charge in [0.1, 0.15) is 5.56 Å². The maximum atomic E-state index is 12.3. The Morgan fingerprint density at radius 2 is 1.52 bits per heavy atom. The third-order valence-electron chi connectivity index (χ3n) is 3.55. The van der Waals surface area contributed by atoms with Crippen molar-refractivity contribution in [1.29, 1.82) is 0 Å². The molecule has 0 bridgehead atoms. The Morgan fingerprint density at radius 1 is 0.852 bits per heavy atom. The predicted molar refractivity (Wildman–Crippen MR) is 95.3 cm³/mol. The molecular formula is C19H19NO7. The topological polar surface area (TPSA) is 100 Å². The Labute approximate surface area is 156 Å². The molecule has 0 radical (unpaired) electrons. The third-order valence-corrected chi connectivity index (χ3v) is 3.55. The van der Waals surface area contributed by atoms with E-state index in [-0.39, 0.29) is 17.1 Å². The van der Waals surface area contributed by atoms with Crippen LogP contribution in [0.2, 0.25) is 0 Å². The van der Waals surface area contributed by atoms with Gasteiger partial charge in [-0.2, -0.15) is 0 Å². The SMILES string of the molecule is COc1ccc(C(=O)OCC(=O)NC(=O)c2ccccc2)c(OC)c1OC. The van der Waals surface area contributed by atoms with Crippen LogP contribution in [0.15, 0.2) is 42.5 Å². The van der Waals surface area contributed by atoms with Crippen LogP contribution in [0.5, 0.6) is 17.2 Å². The van der Waals surface area contributed by atoms with Crippen molar-refractivity contribution in [3.05, 3.63) is 53.6 Å². The minimum Gasteiger partial charge on any atom is -0.493 e. The van der Waals surface area contributed by atoms with E-state index in [9.17, 15) is 14.4 Å². The number of esters is 1. The number of rotatable bonds is 7. The van der Waals surface area contributed by atoms with Gasteiger partial charge in [0, 0.05) is 5.56 Å². The number of hydrogen-bond acceptors (Lipinski definition) is 7. The van der Waals surface area contributed by atoms with Gasteiger partial charge in [-0.05, 0) is 24.3 Å². The summed E-state index contributed by atoms with van der Waals surface area (Å²) in [7, 11) is 4.21. The van der Waals surface area contributed by atoms with E-state index in [4.69, 9.17) is 18.9 Å². The number of carbonyl (C=O) groups excluding carboxylic acids is 3. The monoisotopic (exact) mass is 373 g/mol. The van der Waals surface area contributed by atoms with Crippen molar-refractivity contribution >= 4 is 17.8 Å². The molecule has 0 spiro atoms. The van der Waals surface area contributed by atoms with Gasteiger partial charge in [-0.1, -0.05) is 18.2 Å². The number of amides is 2. The number of nitrogens with one attached hydrogen (secondary N) is 1. The molecule has 0 saturated carbocycles. The molecule has 0 saturated heterocycles. The van der Waals surface area contributed by atoms with E-state index >= 15 is 0 Å². The molecule has 8 heteroatoms. The lowest BCUT2D eigenvalue weighted by Crippen LogP contribution is -2.34. The number of methoxy groups -OCH3 is 3. The molecule has 0 aliphatic rings. The zero-order valence-electron chi connectivity index (χ0n) is 15.1. The van der Waals surface area contributed by atoms with Crippen molar-refractivity contribution in [3.63, 3.8) is 0 Å². The van der Waals surface area contributed by atoms with Gasteiger partial charge in [0.25, 0.3) is 11.8 Å². The molecule has 0 atom stereocenters. The van der Waals surface area contributed by atoms with Crippen molar-refractivity contribution < 1.29 is 33.3 Å². The zero-order valence-corrected chi connectivity index (χ0v) is 15.1. The van der Waals surface area contributed by atoms with Crippen LogP contribution < -0.4 is 19.5 Å². The van der Waals surface area contributed by atoms with E-state index in [0.717, 1.165) is 0 Å². The van der Waals surface area contributed by atoms with Crippen LogP contribution in [0, 0.1) is 0 Å². The van der Waals surface area contributed by atoms with Crippen molar-refractivity contribution in [1.82, 2.24) is 5.32 Å². The van der Waals surface area contributed by atoms with Crippen LogP contribution in [0.1, 0.15) is 20.7 Å². The second-order valence-corrected chi connectivity index (χ2v) is 5.20. The second-order valence-electron chi connectivity index (χ2n) is 5.20. The zero-order chi connectivity index (χ0) is 19.8. The molecule has 0 aliphatic heterocycles. The number of ether oxygens (including phenoxy) is 4. The first kappa shape index (κ1) is 19.8. The highest BCUT2D eigenvalue weighted by atomic mass is 16.5. The fraction of sp³-hybridized carbons (Fsp3) is 0.211. The maximum Gasteiger partial charge on any atom is 0.342 e. The standard InChI is InChI=1S/C19H19NO7/c1-24-14-10-9-13(16(25-2)17(14)26-3)19(23)27-11-15(21)20-18(22)12-7-5-4-6-8-12/h4-10H,11H2,1-3H3,(H,20,21,22). The Hall–Kier alpha value is -3.55. The summed E-state index contributed by atoms with van der Waals surface area (Å²) in [6.07, 6.45) is 0. The van der Waals surface area contributed by atoms with E-state index in [2.05, 4.69) is 5.32 Å². The summed E-state index contributed by atoms with van der Waals surface area (Å²) in [6, 6.07) is 11.1. The van der Waals surface area contributed by atoms with E-state index in [1.165, 1.54) is 33.5 Å². The number of benzene rings is 2. The van der Waals surface area contributed by atoms with Crippen LogP contribution in [-0.2, 0) is 9.53 Å². The second kappa shape index (κ2) is 9.23. The van der Waals surface area contributed by atoms with Gasteiger partial charge in [-0.15, -0.1) is 0 Å². The van der Waals surface area contributed by atoms with Crippen LogP contribution in [0.3, 0.4) is 0 Å². The molecular weight excluding hydrogens is 354 g/mol. The fourth-order valence-corrected chi connectivity index (χ4v) is 2.30. The largest absolute Gasteiger partial charge is 0.493 e. The van der Waals surface area contributed by atoms with Crippen molar-refractivity contribution in [2.75, 3.05) is 27.9 Å². The first-order valence-electron chi connectivity index (χ1n) is 7.87. The highest BCUT2D eigenvalue weighted by Gasteiger charge is 2.22. The quantitative estimate of drug-likeness (QED) is 0.739. The van der Waals surface area contributed by atoms with Crippen LogP contribution in [-0.4, -0.2) is 45.7 Å². The van der Waals surface area contributed by atoms with Crippen molar-refractivity contribution in [2.24, 2.45) is 0 Å².